The van der Waals surface area contributed by atoms with Crippen LogP contribution in [-0.2, 0) is 0 Å². The second kappa shape index (κ2) is 5.17. The van der Waals surface area contributed by atoms with Crippen molar-refractivity contribution in [3.63, 3.8) is 0 Å². The number of nitrogens with one attached hydrogen (secondary N) is 1. The molecular weight excluding hydrogens is 206 g/mol. The number of aliphatic hydroxyl groups excluding tert-OH is 1. The van der Waals surface area contributed by atoms with Crippen LogP contribution in [0.2, 0.25) is 5.02 Å². The highest BCUT2D eigenvalue weighted by atomic mass is 35.5. The average molecular weight is 216 g/mol. The Bertz CT molecular complexity index is 286. The van der Waals surface area contributed by atoms with Crippen LogP contribution in [0.4, 0.5) is 0 Å². The number of rotatable bonds is 3. The zero-order valence-corrected chi connectivity index (χ0v) is 8.53. The predicted octanol–water partition coefficient (Wildman–Crippen LogP) is 1.60. The molecule has 2 nitrogen and oxygen atoms in total. The van der Waals surface area contributed by atoms with E-state index in [0.717, 1.165) is 5.56 Å². The van der Waals surface area contributed by atoms with Crippen molar-refractivity contribution in [1.29, 1.82) is 0 Å². The normalized spacial score (nSPS) is 9.69. The lowest BCUT2D eigenvalue weighted by atomic mass is 10.2. The molecule has 2 N–H and O–H groups in total. The summed E-state index contributed by atoms with van der Waals surface area (Å²) in [5.74, 6) is 0. The van der Waals surface area contributed by atoms with Crippen LogP contribution in [0.25, 0.3) is 0 Å². The van der Waals surface area contributed by atoms with E-state index in [1.165, 1.54) is 0 Å². The first-order valence-corrected chi connectivity index (χ1v) is 4.67. The van der Waals surface area contributed by atoms with Crippen LogP contribution < -0.4 is 5.32 Å². The molecule has 0 spiro atoms. The number of hydrogen-bond donors (Lipinski definition) is 2. The van der Waals surface area contributed by atoms with Gasteiger partial charge in [-0.15, -0.1) is 0 Å². The fourth-order valence-corrected chi connectivity index (χ4v) is 1.24. The number of benzene rings is 1. The monoisotopic (exact) mass is 215 g/mol. The summed E-state index contributed by atoms with van der Waals surface area (Å²) in [6, 6.07) is 7.25. The number of halogens is 1. The van der Waals surface area contributed by atoms with Crippen LogP contribution in [0.1, 0.15) is 5.56 Å². The zero-order valence-electron chi connectivity index (χ0n) is 6.96. The lowest BCUT2D eigenvalue weighted by Crippen LogP contribution is -2.25. The molecule has 1 aromatic carbocycles. The molecule has 1 rings (SSSR count). The van der Waals surface area contributed by atoms with Gasteiger partial charge in [0.15, 0.2) is 0 Å². The van der Waals surface area contributed by atoms with Crippen LogP contribution in [0.3, 0.4) is 0 Å². The number of hydrogen-bond acceptors (Lipinski definition) is 2. The van der Waals surface area contributed by atoms with Crippen LogP contribution >= 0.6 is 23.8 Å². The topological polar surface area (TPSA) is 32.3 Å². The van der Waals surface area contributed by atoms with Gasteiger partial charge in [-0.2, -0.15) is 0 Å². The first-order chi connectivity index (χ1) is 6.24. The van der Waals surface area contributed by atoms with E-state index in [0.29, 0.717) is 16.6 Å². The van der Waals surface area contributed by atoms with Crippen molar-refractivity contribution in [1.82, 2.24) is 5.32 Å². The standard InChI is InChI=1S/C9H10ClNOS/c10-8-3-1-7(2-4-8)9(13)11-5-6-12/h1-4,12H,5-6H2,(H,11,13). The van der Waals surface area contributed by atoms with Crippen LogP contribution in [-0.4, -0.2) is 23.2 Å². The Balaban J connectivity index is 2.61. The lowest BCUT2D eigenvalue weighted by molar-refractivity contribution is 0.301. The van der Waals surface area contributed by atoms with Gasteiger partial charge in [0.05, 0.1) is 6.61 Å². The van der Waals surface area contributed by atoms with E-state index in [4.69, 9.17) is 28.9 Å². The van der Waals surface area contributed by atoms with E-state index < -0.39 is 0 Å². The molecule has 70 valence electrons. The van der Waals surface area contributed by atoms with Crippen molar-refractivity contribution in [3.8, 4) is 0 Å². The maximum Gasteiger partial charge on any atom is 0.106 e. The van der Waals surface area contributed by atoms with Crippen molar-refractivity contribution in [2.75, 3.05) is 13.2 Å². The first-order valence-electron chi connectivity index (χ1n) is 3.88. The highest BCUT2D eigenvalue weighted by Crippen LogP contribution is 2.09. The molecular formula is C9H10ClNOS. The molecule has 4 heteroatoms. The van der Waals surface area contributed by atoms with Gasteiger partial charge in [-0.05, 0) is 12.1 Å². The van der Waals surface area contributed by atoms with E-state index in [-0.39, 0.29) is 6.61 Å². The van der Waals surface area contributed by atoms with E-state index in [1.807, 2.05) is 12.1 Å². The molecule has 0 saturated heterocycles. The zero-order chi connectivity index (χ0) is 9.68. The van der Waals surface area contributed by atoms with Crippen molar-refractivity contribution in [3.05, 3.63) is 34.9 Å². The molecule has 1 aromatic rings. The lowest BCUT2D eigenvalue weighted by Gasteiger charge is -2.05. The smallest absolute Gasteiger partial charge is 0.106 e. The van der Waals surface area contributed by atoms with Gasteiger partial charge >= 0.3 is 0 Å². The highest BCUT2D eigenvalue weighted by molar-refractivity contribution is 7.80. The summed E-state index contributed by atoms with van der Waals surface area (Å²) in [6.45, 7) is 0.551. The average Bonchev–Trinajstić information content (AvgIpc) is 2.15. The maximum absolute atomic E-state index is 8.56. The second-order valence-corrected chi connectivity index (χ2v) is 3.33. The molecule has 0 aromatic heterocycles. The molecule has 0 saturated carbocycles. The van der Waals surface area contributed by atoms with Crippen molar-refractivity contribution in [2.24, 2.45) is 0 Å². The summed E-state index contributed by atoms with van der Waals surface area (Å²) in [5, 5.41) is 12.2. The van der Waals surface area contributed by atoms with E-state index in [1.54, 1.807) is 12.1 Å². The number of thiocarbonyl (C=S) groups is 1. The SMILES string of the molecule is OCCNC(=S)c1ccc(Cl)cc1. The summed E-state index contributed by atoms with van der Waals surface area (Å²) in [7, 11) is 0. The first kappa shape index (κ1) is 10.4. The van der Waals surface area contributed by atoms with Gasteiger partial charge in [-0.25, -0.2) is 0 Å². The summed E-state index contributed by atoms with van der Waals surface area (Å²) in [6.07, 6.45) is 0. The molecule has 0 aliphatic heterocycles. The Morgan fingerprint density at radius 3 is 2.54 bits per heavy atom. The van der Waals surface area contributed by atoms with Gasteiger partial charge in [0.1, 0.15) is 4.99 Å². The predicted molar refractivity (Wildman–Crippen MR) is 58.2 cm³/mol. The summed E-state index contributed by atoms with van der Waals surface area (Å²) in [5.41, 5.74) is 0.910. The summed E-state index contributed by atoms with van der Waals surface area (Å²) in [4.78, 5) is 0.630. The summed E-state index contributed by atoms with van der Waals surface area (Å²) >= 11 is 10.8. The molecule has 0 aliphatic rings. The molecule has 0 unspecified atom stereocenters. The largest absolute Gasteiger partial charge is 0.395 e. The van der Waals surface area contributed by atoms with Crippen LogP contribution in [0.5, 0.6) is 0 Å². The van der Waals surface area contributed by atoms with E-state index in [9.17, 15) is 0 Å². The third-order valence-corrected chi connectivity index (χ3v) is 2.14. The maximum atomic E-state index is 8.56. The quantitative estimate of drug-likeness (QED) is 0.752. The number of aliphatic hydroxyl groups is 1. The fraction of sp³-hybridized carbons (Fsp3) is 0.222. The molecule has 0 fully saturated rings. The van der Waals surface area contributed by atoms with Gasteiger partial charge in [-0.1, -0.05) is 36.0 Å². The van der Waals surface area contributed by atoms with Crippen molar-refractivity contribution in [2.45, 2.75) is 0 Å². The Hall–Kier alpha value is -0.640. The van der Waals surface area contributed by atoms with E-state index >= 15 is 0 Å². The molecule has 0 atom stereocenters. The second-order valence-electron chi connectivity index (χ2n) is 2.49. The van der Waals surface area contributed by atoms with Crippen LogP contribution in [0, 0.1) is 0 Å². The minimum absolute atomic E-state index is 0.0771. The van der Waals surface area contributed by atoms with Crippen LogP contribution in [0.15, 0.2) is 24.3 Å². The van der Waals surface area contributed by atoms with Crippen molar-refractivity contribution >= 4 is 28.8 Å². The minimum Gasteiger partial charge on any atom is -0.395 e. The van der Waals surface area contributed by atoms with Crippen molar-refractivity contribution < 1.29 is 5.11 Å². The highest BCUT2D eigenvalue weighted by Gasteiger charge is 1.98. The molecule has 0 amide bonds. The molecule has 13 heavy (non-hydrogen) atoms. The van der Waals surface area contributed by atoms with E-state index in [2.05, 4.69) is 5.32 Å². The third kappa shape index (κ3) is 3.30. The van der Waals surface area contributed by atoms with Gasteiger partial charge < -0.3 is 10.4 Å². The van der Waals surface area contributed by atoms with Gasteiger partial charge in [0, 0.05) is 17.1 Å². The Labute approximate surface area is 87.5 Å². The minimum atomic E-state index is 0.0771. The molecule has 0 heterocycles. The Morgan fingerprint density at radius 1 is 1.38 bits per heavy atom. The summed E-state index contributed by atoms with van der Waals surface area (Å²) < 4.78 is 0. The third-order valence-electron chi connectivity index (χ3n) is 1.50. The molecule has 0 bridgehead atoms. The Kier molecular flexibility index (Phi) is 4.15. The van der Waals surface area contributed by atoms with Gasteiger partial charge in [0.2, 0.25) is 0 Å². The molecule has 0 radical (unpaired) electrons. The fourth-order valence-electron chi connectivity index (χ4n) is 0.873. The Morgan fingerprint density at radius 2 is 2.00 bits per heavy atom. The molecule has 0 aliphatic carbocycles. The van der Waals surface area contributed by atoms with Gasteiger partial charge in [-0.3, -0.25) is 0 Å². The van der Waals surface area contributed by atoms with Gasteiger partial charge in [0.25, 0.3) is 0 Å².